The van der Waals surface area contributed by atoms with Gasteiger partial charge in [0.15, 0.2) is 6.04 Å². The molecule has 30 nitrogen and oxygen atoms in total. The monoisotopic (exact) mass is 1360 g/mol. The number of hydroxylamine groups is 1. The van der Waals surface area contributed by atoms with Gasteiger partial charge in [0, 0.05) is 25.5 Å². The number of aromatic nitrogens is 2. The van der Waals surface area contributed by atoms with E-state index in [2.05, 4.69) is 53.0 Å². The number of imidazole rings is 1. The number of benzene rings is 1. The molecule has 0 saturated heterocycles. The van der Waals surface area contributed by atoms with Gasteiger partial charge in [-0.05, 0) is 171 Å². The molecule has 2 rings (SSSR count). The average Bonchev–Trinajstić information content (AvgIpc) is 0.893. The number of nitrogens with zero attached hydrogens (tertiary/aromatic N) is 2. The molecule has 0 aliphatic rings. The number of carboxylic acid groups (broad SMARTS) is 1. The standard InChI is InChI=1S/C66H109N11O19/c1-38(92-62(9,10)11)49(55(84)70-43(31-40-27-25-24-26-28-40)53(82)75-50(39(2)93-63(12,13)14)56(85)72-46(57(86)87)36-91-61(6,7)8)74-48(79)33-67-51(80)42(29-30-47(78)76-96-66(21,22)23)69-54(83)45(35-90-60(3,4)5)71-52(81)44(73-58(88)94-64(15,16)17)32-41-34-77(37-68-41)59(89)95-65(18,19)20/h24-28,34,37-39,42-46,49-50H,29-33,35-36H2,1-23H3,(H,67,80)(H,69,83)(H,70,84)(H,71,81)(H,72,85)(H,73,88)(H,74,79)(H,75,82)(H,76,78)(H,86,87)/t38-,39-,42+,43+,44+,45-,46+,49+,50+/m1/s1. The number of carbonyl (C=O) groups excluding carboxylic acids is 10. The summed E-state index contributed by atoms with van der Waals surface area (Å²) in [5.74, 6) is -8.89. The second kappa shape index (κ2) is 36.0. The number of hydrogen-bond donors (Lipinski definition) is 10. The highest BCUT2D eigenvalue weighted by Gasteiger charge is 2.39. The Labute approximate surface area is 564 Å². The third-order valence-corrected chi connectivity index (χ3v) is 12.6. The minimum absolute atomic E-state index is 0.138. The molecule has 2 aromatic rings. The van der Waals surface area contributed by atoms with Crippen molar-refractivity contribution >= 4 is 65.4 Å². The number of nitrogens with one attached hydrogen (secondary N) is 9. The van der Waals surface area contributed by atoms with Crippen molar-refractivity contribution in [2.75, 3.05) is 19.8 Å². The first-order valence-electron chi connectivity index (χ1n) is 31.9. The first kappa shape index (κ1) is 84.3. The summed E-state index contributed by atoms with van der Waals surface area (Å²) in [5.41, 5.74) is -3.21. The number of rotatable bonds is 32. The fourth-order valence-electron chi connectivity index (χ4n) is 8.52. The van der Waals surface area contributed by atoms with Crippen molar-refractivity contribution in [3.63, 3.8) is 0 Å². The topological polar surface area (TPSA) is 399 Å². The molecule has 542 valence electrons. The van der Waals surface area contributed by atoms with E-state index >= 15 is 0 Å². The molecule has 10 N–H and O–H groups in total. The summed E-state index contributed by atoms with van der Waals surface area (Å²) in [7, 11) is 0. The Balaban J connectivity index is 2.64. The Hall–Kier alpha value is -7.80. The molecule has 0 spiro atoms. The van der Waals surface area contributed by atoms with Gasteiger partial charge in [-0.2, -0.15) is 0 Å². The summed E-state index contributed by atoms with van der Waals surface area (Å²) in [4.78, 5) is 163. The Morgan fingerprint density at radius 2 is 0.938 bits per heavy atom. The highest BCUT2D eigenvalue weighted by Crippen LogP contribution is 2.19. The lowest BCUT2D eigenvalue weighted by molar-refractivity contribution is -0.148. The van der Waals surface area contributed by atoms with Crippen LogP contribution in [0.1, 0.15) is 183 Å². The molecule has 0 bridgehead atoms. The van der Waals surface area contributed by atoms with Gasteiger partial charge >= 0.3 is 18.2 Å². The molecule has 0 unspecified atom stereocenters. The highest BCUT2D eigenvalue weighted by atomic mass is 16.7. The predicted molar refractivity (Wildman–Crippen MR) is 353 cm³/mol. The number of ether oxygens (including phenoxy) is 6. The van der Waals surface area contributed by atoms with Crippen molar-refractivity contribution in [3.8, 4) is 0 Å². The molecule has 9 atom stereocenters. The minimum atomic E-state index is -1.64. The zero-order valence-corrected chi connectivity index (χ0v) is 60.4. The van der Waals surface area contributed by atoms with Crippen LogP contribution in [0.4, 0.5) is 9.59 Å². The Bertz CT molecular complexity index is 2940. The molecular formula is C66H109N11O19. The van der Waals surface area contributed by atoms with E-state index in [1.165, 1.54) is 20.0 Å². The van der Waals surface area contributed by atoms with Crippen LogP contribution >= 0.6 is 0 Å². The Morgan fingerprint density at radius 3 is 1.43 bits per heavy atom. The van der Waals surface area contributed by atoms with Gasteiger partial charge in [0.05, 0.1) is 65.7 Å². The van der Waals surface area contributed by atoms with E-state index in [1.807, 2.05) is 0 Å². The van der Waals surface area contributed by atoms with Gasteiger partial charge in [-0.15, -0.1) is 0 Å². The molecule has 0 radical (unpaired) electrons. The van der Waals surface area contributed by atoms with E-state index in [-0.39, 0.29) is 18.5 Å². The zero-order valence-electron chi connectivity index (χ0n) is 60.4. The maximum absolute atomic E-state index is 14.8. The van der Waals surface area contributed by atoms with Gasteiger partial charge in [0.25, 0.3) is 0 Å². The van der Waals surface area contributed by atoms with E-state index in [9.17, 15) is 57.8 Å². The van der Waals surface area contributed by atoms with Gasteiger partial charge in [-0.1, -0.05) is 30.3 Å². The van der Waals surface area contributed by atoms with Crippen LogP contribution < -0.4 is 48.0 Å². The van der Waals surface area contributed by atoms with Crippen molar-refractivity contribution in [1.29, 1.82) is 0 Å². The van der Waals surface area contributed by atoms with Crippen LogP contribution in [0.3, 0.4) is 0 Å². The zero-order chi connectivity index (χ0) is 73.7. The normalized spacial score (nSPS) is 15.2. The second-order valence-electron chi connectivity index (χ2n) is 30.2. The van der Waals surface area contributed by atoms with Gasteiger partial charge in [-0.3, -0.25) is 43.2 Å². The Kier molecular flexibility index (Phi) is 31.6. The van der Waals surface area contributed by atoms with Crippen LogP contribution in [-0.4, -0.2) is 194 Å². The molecule has 1 aromatic carbocycles. The molecule has 9 amide bonds. The molecule has 30 heteroatoms. The molecule has 0 fully saturated rings. The molecule has 0 saturated carbocycles. The predicted octanol–water partition coefficient (Wildman–Crippen LogP) is 4.12. The molecule has 0 aliphatic carbocycles. The third kappa shape index (κ3) is 35.3. The first-order chi connectivity index (χ1) is 43.7. The summed E-state index contributed by atoms with van der Waals surface area (Å²) in [6.07, 6.45) is -2.96. The van der Waals surface area contributed by atoms with E-state index in [4.69, 9.17) is 33.3 Å². The van der Waals surface area contributed by atoms with Crippen LogP contribution in [0.15, 0.2) is 42.9 Å². The number of hydrogen-bond acceptors (Lipinski definition) is 19. The van der Waals surface area contributed by atoms with Gasteiger partial charge in [0.2, 0.25) is 47.3 Å². The van der Waals surface area contributed by atoms with Gasteiger partial charge in [-0.25, -0.2) is 29.4 Å². The summed E-state index contributed by atoms with van der Waals surface area (Å²) in [5, 5.41) is 30.6. The van der Waals surface area contributed by atoms with E-state index < -0.39 is 192 Å². The molecule has 96 heavy (non-hydrogen) atoms. The summed E-state index contributed by atoms with van der Waals surface area (Å²) < 4.78 is 35.9. The number of carbonyl (C=O) groups is 11. The maximum Gasteiger partial charge on any atom is 0.419 e. The summed E-state index contributed by atoms with van der Waals surface area (Å²) in [6, 6.07) is -2.44. The smallest absolute Gasteiger partial charge is 0.419 e. The van der Waals surface area contributed by atoms with E-state index in [0.717, 1.165) is 10.9 Å². The quantitative estimate of drug-likeness (QED) is 0.0461. The average molecular weight is 1360 g/mol. The van der Waals surface area contributed by atoms with Crippen molar-refractivity contribution in [3.05, 3.63) is 54.1 Å². The second-order valence-corrected chi connectivity index (χ2v) is 30.2. The van der Waals surface area contributed by atoms with Crippen LogP contribution in [0, 0.1) is 0 Å². The van der Waals surface area contributed by atoms with Gasteiger partial charge < -0.3 is 76.1 Å². The fourth-order valence-corrected chi connectivity index (χ4v) is 8.52. The molecule has 0 aliphatic heterocycles. The lowest BCUT2D eigenvalue weighted by Gasteiger charge is -2.33. The maximum atomic E-state index is 14.8. The van der Waals surface area contributed by atoms with Crippen LogP contribution in [-0.2, 0) is 89.3 Å². The molecular weight excluding hydrogens is 1250 g/mol. The largest absolute Gasteiger partial charge is 0.480 e. The van der Waals surface area contributed by atoms with Crippen molar-refractivity contribution < 1.29 is 91.1 Å². The number of aliphatic carboxylic acids is 1. The lowest BCUT2D eigenvalue weighted by Crippen LogP contribution is -2.63. The summed E-state index contributed by atoms with van der Waals surface area (Å²) in [6.45, 7) is 36.4. The van der Waals surface area contributed by atoms with Crippen molar-refractivity contribution in [1.82, 2.24) is 57.6 Å². The first-order valence-corrected chi connectivity index (χ1v) is 31.9. The molecule has 1 heterocycles. The van der Waals surface area contributed by atoms with Crippen molar-refractivity contribution in [2.45, 2.75) is 279 Å². The van der Waals surface area contributed by atoms with E-state index in [1.54, 1.807) is 176 Å². The summed E-state index contributed by atoms with van der Waals surface area (Å²) >= 11 is 0. The number of carboxylic acids is 1. The van der Waals surface area contributed by atoms with Crippen LogP contribution in [0.5, 0.6) is 0 Å². The van der Waals surface area contributed by atoms with Gasteiger partial charge in [0.1, 0.15) is 53.8 Å². The molecule has 1 aromatic heterocycles. The number of amides is 9. The third-order valence-electron chi connectivity index (χ3n) is 12.6. The fraction of sp³-hybridized carbons (Fsp3) is 0.697. The number of alkyl carbamates (subject to hydrolysis) is 1. The van der Waals surface area contributed by atoms with Crippen LogP contribution in [0.2, 0.25) is 0 Å². The lowest BCUT2D eigenvalue weighted by atomic mass is 10.0. The SMILES string of the molecule is C[C@@H](OC(C)(C)C)[C@H](NC(=O)CNC(=O)[C@H](CCC(=O)NOC(C)(C)C)NC(=O)[C@@H](COC(C)(C)C)NC(=O)[C@H](Cc1cn(C(=O)OC(C)(C)C)cn1)NC(=O)OC(C)(C)C)C(=O)N[C@@H](Cc1ccccc1)C(=O)N[C@H](C(=O)N[C@@H](COC(C)(C)C)C(=O)O)[C@@H](C)OC(C)(C)C. The Morgan fingerprint density at radius 1 is 0.479 bits per heavy atom. The van der Waals surface area contributed by atoms with Crippen LogP contribution in [0.25, 0.3) is 0 Å². The minimum Gasteiger partial charge on any atom is -0.480 e. The van der Waals surface area contributed by atoms with Crippen molar-refractivity contribution in [2.24, 2.45) is 0 Å². The van der Waals surface area contributed by atoms with E-state index in [0.29, 0.717) is 5.56 Å². The highest BCUT2D eigenvalue weighted by molar-refractivity contribution is 5.97.